The van der Waals surface area contributed by atoms with E-state index >= 15 is 0 Å². The van der Waals surface area contributed by atoms with E-state index in [1.165, 1.54) is 0 Å². The lowest BCUT2D eigenvalue weighted by atomic mass is 10.6. The quantitative estimate of drug-likeness (QED) is 0.414. The van der Waals surface area contributed by atoms with Crippen LogP contribution in [0.5, 0.6) is 0 Å². The molecule has 0 N–H and O–H groups in total. The van der Waals surface area contributed by atoms with Crippen molar-refractivity contribution in [1.29, 1.82) is 5.26 Å². The third kappa shape index (κ3) is 6.00. The highest BCUT2D eigenvalue weighted by molar-refractivity contribution is 7.06. The van der Waals surface area contributed by atoms with E-state index in [9.17, 15) is 0 Å². The number of nitrogens with zero attached hydrogens (tertiary/aromatic N) is 1. The molecule has 0 saturated carbocycles. The largest absolute Gasteiger partial charge is 0.198 e. The van der Waals surface area contributed by atoms with Crippen LogP contribution in [0.15, 0.2) is 0 Å². The van der Waals surface area contributed by atoms with Gasteiger partial charge in [-0.15, -0.1) is 0 Å². The van der Waals surface area contributed by atoms with Crippen LogP contribution in [0.3, 0.4) is 0 Å². The number of hydrogen-bond acceptors (Lipinski definition) is 1. The van der Waals surface area contributed by atoms with Gasteiger partial charge in [0.15, 0.2) is 0 Å². The van der Waals surface area contributed by atoms with Crippen molar-refractivity contribution in [3.8, 4) is 6.07 Å². The SMILES string of the molecule is C[SiH](Cl)CCC#N. The molecule has 0 aromatic rings. The molecule has 0 amide bonds. The van der Waals surface area contributed by atoms with Crippen molar-refractivity contribution in [2.24, 2.45) is 0 Å². The van der Waals surface area contributed by atoms with Gasteiger partial charge < -0.3 is 0 Å². The van der Waals surface area contributed by atoms with E-state index in [-0.39, 0.29) is 0 Å². The van der Waals surface area contributed by atoms with Crippen LogP contribution in [0, 0.1) is 11.3 Å². The Kier molecular flexibility index (Phi) is 4.16. The van der Waals surface area contributed by atoms with Crippen LogP contribution in [0.1, 0.15) is 6.42 Å². The first-order valence-corrected chi connectivity index (χ1v) is 6.00. The second-order valence-electron chi connectivity index (χ2n) is 1.48. The predicted molar refractivity (Wildman–Crippen MR) is 33.9 cm³/mol. The lowest BCUT2D eigenvalue weighted by Gasteiger charge is -1.89. The molecule has 0 rings (SSSR count). The van der Waals surface area contributed by atoms with Crippen LogP contribution in [-0.2, 0) is 0 Å². The predicted octanol–water partition coefficient (Wildman–Crippen LogP) is 1.49. The summed E-state index contributed by atoms with van der Waals surface area (Å²) in [6.45, 7) is 2.03. The fourth-order valence-corrected chi connectivity index (χ4v) is 1.12. The maximum absolute atomic E-state index is 8.03. The minimum Gasteiger partial charge on any atom is -0.198 e. The lowest BCUT2D eigenvalue weighted by molar-refractivity contribution is 1.20. The van der Waals surface area contributed by atoms with Crippen molar-refractivity contribution in [1.82, 2.24) is 0 Å². The van der Waals surface area contributed by atoms with Gasteiger partial charge in [0, 0.05) is 6.42 Å². The topological polar surface area (TPSA) is 23.8 Å². The number of halogens is 1. The maximum Gasteiger partial charge on any atom is 0.139 e. The van der Waals surface area contributed by atoms with Crippen LogP contribution in [-0.4, -0.2) is 8.11 Å². The Morgan fingerprint density at radius 3 is 2.57 bits per heavy atom. The first-order chi connectivity index (χ1) is 3.27. The van der Waals surface area contributed by atoms with E-state index in [1.54, 1.807) is 0 Å². The minimum absolute atomic E-state index is 0.636. The fraction of sp³-hybridized carbons (Fsp3) is 0.750. The molecule has 0 heterocycles. The fourth-order valence-electron chi connectivity index (χ4n) is 0.263. The van der Waals surface area contributed by atoms with Crippen LogP contribution in [0.25, 0.3) is 0 Å². The van der Waals surface area contributed by atoms with Crippen LogP contribution < -0.4 is 0 Å². The van der Waals surface area contributed by atoms with Crippen molar-refractivity contribution in [2.75, 3.05) is 0 Å². The van der Waals surface area contributed by atoms with E-state index < -0.39 is 8.11 Å². The summed E-state index contributed by atoms with van der Waals surface area (Å²) in [5.74, 6) is 0. The zero-order valence-corrected chi connectivity index (χ0v) is 6.23. The highest BCUT2D eigenvalue weighted by atomic mass is 35.6. The average molecular weight is 134 g/mol. The molecule has 1 atom stereocenters. The minimum atomic E-state index is -0.938. The Hall–Kier alpha value is -0.00312. The number of hydrogen-bond donors (Lipinski definition) is 0. The molecule has 0 aliphatic rings. The standard InChI is InChI=1S/C4H8ClNSi/c1-7(5)4-2-3-6/h7H,2,4H2,1H3. The summed E-state index contributed by atoms with van der Waals surface area (Å²) in [4.78, 5) is 0. The van der Waals surface area contributed by atoms with Gasteiger partial charge >= 0.3 is 0 Å². The van der Waals surface area contributed by atoms with Crippen molar-refractivity contribution >= 4 is 19.2 Å². The average Bonchev–Trinajstić information content (AvgIpc) is 1.61. The molecule has 1 unspecified atom stereocenters. The Morgan fingerprint density at radius 2 is 2.43 bits per heavy atom. The van der Waals surface area contributed by atoms with Gasteiger partial charge in [-0.2, -0.15) is 16.3 Å². The zero-order chi connectivity index (χ0) is 5.70. The molecule has 0 radical (unpaired) electrons. The van der Waals surface area contributed by atoms with Gasteiger partial charge in [0.2, 0.25) is 0 Å². The lowest BCUT2D eigenvalue weighted by Crippen LogP contribution is -1.92. The van der Waals surface area contributed by atoms with E-state index in [0.717, 1.165) is 6.04 Å². The summed E-state index contributed by atoms with van der Waals surface area (Å²) in [6, 6.07) is 2.99. The third-order valence-corrected chi connectivity index (χ3v) is 2.39. The molecule has 0 aromatic heterocycles. The van der Waals surface area contributed by atoms with Crippen molar-refractivity contribution in [3.05, 3.63) is 0 Å². The van der Waals surface area contributed by atoms with Gasteiger partial charge in [-0.05, 0) is 6.04 Å². The maximum atomic E-state index is 8.03. The van der Waals surface area contributed by atoms with E-state index in [4.69, 9.17) is 16.3 Å². The molecule has 0 aliphatic heterocycles. The van der Waals surface area contributed by atoms with E-state index in [2.05, 4.69) is 0 Å². The zero-order valence-electron chi connectivity index (χ0n) is 4.32. The summed E-state index contributed by atoms with van der Waals surface area (Å²) < 4.78 is 0. The number of rotatable bonds is 2. The summed E-state index contributed by atoms with van der Waals surface area (Å²) in [5.41, 5.74) is 0. The van der Waals surface area contributed by atoms with Crippen molar-refractivity contribution < 1.29 is 0 Å². The van der Waals surface area contributed by atoms with Gasteiger partial charge in [-0.1, -0.05) is 6.55 Å². The van der Waals surface area contributed by atoms with Gasteiger partial charge in [-0.3, -0.25) is 0 Å². The molecular weight excluding hydrogens is 126 g/mol. The van der Waals surface area contributed by atoms with Crippen LogP contribution in [0.4, 0.5) is 0 Å². The summed E-state index contributed by atoms with van der Waals surface area (Å²) >= 11 is 5.64. The Morgan fingerprint density at radius 1 is 1.86 bits per heavy atom. The Labute approximate surface area is 50.2 Å². The monoisotopic (exact) mass is 133 g/mol. The molecule has 0 aromatic carbocycles. The van der Waals surface area contributed by atoms with Crippen LogP contribution in [0.2, 0.25) is 12.6 Å². The van der Waals surface area contributed by atoms with Gasteiger partial charge in [-0.25, -0.2) is 0 Å². The molecule has 0 bridgehead atoms. The van der Waals surface area contributed by atoms with E-state index in [0.29, 0.717) is 6.42 Å². The second kappa shape index (κ2) is 4.16. The summed E-state index contributed by atoms with van der Waals surface area (Å²) in [5, 5.41) is 8.03. The number of nitriles is 1. The molecule has 0 spiro atoms. The second-order valence-corrected chi connectivity index (χ2v) is 5.85. The molecular formula is C4H8ClNSi. The first-order valence-electron chi connectivity index (χ1n) is 2.28. The Bertz CT molecular complexity index is 76.2. The van der Waals surface area contributed by atoms with Crippen LogP contribution >= 0.6 is 11.1 Å². The molecule has 0 aliphatic carbocycles. The van der Waals surface area contributed by atoms with Crippen molar-refractivity contribution in [3.63, 3.8) is 0 Å². The Balaban J connectivity index is 2.86. The normalized spacial score (nSPS) is 12.7. The molecule has 40 valence electrons. The smallest absolute Gasteiger partial charge is 0.139 e. The first kappa shape index (κ1) is 7.00. The third-order valence-electron chi connectivity index (χ3n) is 0.654. The molecule has 1 nitrogen and oxygen atoms in total. The van der Waals surface area contributed by atoms with Gasteiger partial charge in [0.1, 0.15) is 8.11 Å². The molecule has 0 saturated heterocycles. The highest BCUT2D eigenvalue weighted by Gasteiger charge is 1.94. The molecule has 3 heteroatoms. The van der Waals surface area contributed by atoms with Gasteiger partial charge in [0.25, 0.3) is 0 Å². The van der Waals surface area contributed by atoms with E-state index in [1.807, 2.05) is 12.6 Å². The van der Waals surface area contributed by atoms with Gasteiger partial charge in [0.05, 0.1) is 6.07 Å². The summed E-state index contributed by atoms with van der Waals surface area (Å²) in [7, 11) is -0.938. The van der Waals surface area contributed by atoms with Crippen molar-refractivity contribution in [2.45, 2.75) is 19.0 Å². The molecule has 7 heavy (non-hydrogen) atoms. The molecule has 0 fully saturated rings. The summed E-state index contributed by atoms with van der Waals surface area (Å²) in [6.07, 6.45) is 0.636. The highest BCUT2D eigenvalue weighted by Crippen LogP contribution is 1.98.